The third-order valence-electron chi connectivity index (χ3n) is 3.31. The summed E-state index contributed by atoms with van der Waals surface area (Å²) in [5, 5.41) is 14.0. The van der Waals surface area contributed by atoms with Gasteiger partial charge in [0, 0.05) is 17.4 Å². The van der Waals surface area contributed by atoms with Crippen molar-refractivity contribution in [3.05, 3.63) is 35.7 Å². The summed E-state index contributed by atoms with van der Waals surface area (Å²) >= 11 is 7.37. The molecule has 1 aliphatic rings. The smallest absolute Gasteiger partial charge is 0.187 e. The molecule has 4 nitrogen and oxygen atoms in total. The number of alkyl halides is 1. The van der Waals surface area contributed by atoms with Crippen molar-refractivity contribution >= 4 is 27.9 Å². The van der Waals surface area contributed by atoms with E-state index in [0.29, 0.717) is 11.8 Å². The molecule has 96 valence electrons. The lowest BCUT2D eigenvalue weighted by Gasteiger charge is -1.97. The van der Waals surface area contributed by atoms with E-state index in [0.717, 1.165) is 26.9 Å². The number of halogens is 1. The van der Waals surface area contributed by atoms with Crippen LogP contribution in [0.4, 0.5) is 0 Å². The molecule has 1 aromatic carbocycles. The van der Waals surface area contributed by atoms with Gasteiger partial charge in [0.2, 0.25) is 4.96 Å². The van der Waals surface area contributed by atoms with Crippen LogP contribution in [0.2, 0.25) is 0 Å². The van der Waals surface area contributed by atoms with E-state index in [2.05, 4.69) is 27.4 Å². The third-order valence-corrected chi connectivity index (χ3v) is 4.57. The Labute approximate surface area is 119 Å². The molecule has 1 aliphatic carbocycles. The summed E-state index contributed by atoms with van der Waals surface area (Å²) in [5.74, 6) is 2.11. The second kappa shape index (κ2) is 4.28. The highest BCUT2D eigenvalue weighted by Gasteiger charge is 2.30. The first-order valence-electron chi connectivity index (χ1n) is 6.22. The van der Waals surface area contributed by atoms with Gasteiger partial charge in [-0.05, 0) is 18.4 Å². The van der Waals surface area contributed by atoms with Crippen molar-refractivity contribution in [1.82, 2.24) is 19.8 Å². The van der Waals surface area contributed by atoms with Crippen LogP contribution < -0.4 is 0 Å². The van der Waals surface area contributed by atoms with Crippen molar-refractivity contribution in [1.29, 1.82) is 0 Å². The number of rotatable bonds is 3. The highest BCUT2D eigenvalue weighted by Crippen LogP contribution is 2.39. The van der Waals surface area contributed by atoms with E-state index >= 15 is 0 Å². The quantitative estimate of drug-likeness (QED) is 0.694. The normalized spacial score (nSPS) is 15.2. The fraction of sp³-hybridized carbons (Fsp3) is 0.308. The topological polar surface area (TPSA) is 43.1 Å². The van der Waals surface area contributed by atoms with Crippen LogP contribution in [0, 0.1) is 0 Å². The second-order valence-electron chi connectivity index (χ2n) is 4.76. The van der Waals surface area contributed by atoms with Crippen molar-refractivity contribution in [3.8, 4) is 10.6 Å². The van der Waals surface area contributed by atoms with E-state index in [1.54, 1.807) is 11.3 Å². The Bertz CT molecular complexity index is 727. The van der Waals surface area contributed by atoms with Gasteiger partial charge in [0.25, 0.3) is 0 Å². The van der Waals surface area contributed by atoms with Crippen molar-refractivity contribution in [2.24, 2.45) is 0 Å². The van der Waals surface area contributed by atoms with Gasteiger partial charge in [-0.1, -0.05) is 35.6 Å². The largest absolute Gasteiger partial charge is 0.234 e. The fourth-order valence-corrected chi connectivity index (χ4v) is 3.11. The van der Waals surface area contributed by atoms with Crippen LogP contribution in [0.1, 0.15) is 30.1 Å². The average molecular weight is 291 g/mol. The summed E-state index contributed by atoms with van der Waals surface area (Å²) in [7, 11) is 0. The Morgan fingerprint density at radius 3 is 2.68 bits per heavy atom. The SMILES string of the molecule is ClCc1ccc(-c2nn3c(C4CC4)nnc3s2)cc1. The Morgan fingerprint density at radius 2 is 2.00 bits per heavy atom. The van der Waals surface area contributed by atoms with E-state index in [1.165, 1.54) is 12.8 Å². The van der Waals surface area contributed by atoms with Gasteiger partial charge in [0.15, 0.2) is 5.82 Å². The summed E-state index contributed by atoms with van der Waals surface area (Å²) in [6.45, 7) is 0. The van der Waals surface area contributed by atoms with Crippen molar-refractivity contribution in [2.45, 2.75) is 24.6 Å². The van der Waals surface area contributed by atoms with Crippen LogP contribution in [0.15, 0.2) is 24.3 Å². The lowest BCUT2D eigenvalue weighted by atomic mass is 10.2. The lowest BCUT2D eigenvalue weighted by Crippen LogP contribution is -1.93. The molecular formula is C13H11ClN4S. The number of fused-ring (bicyclic) bond motifs is 1. The molecule has 0 N–H and O–H groups in total. The molecule has 0 saturated heterocycles. The van der Waals surface area contributed by atoms with Gasteiger partial charge in [-0.25, -0.2) is 0 Å². The predicted molar refractivity (Wildman–Crippen MR) is 75.6 cm³/mol. The number of hydrogen-bond acceptors (Lipinski definition) is 4. The first-order chi connectivity index (χ1) is 9.35. The molecule has 2 aromatic heterocycles. The molecule has 0 aliphatic heterocycles. The highest BCUT2D eigenvalue weighted by molar-refractivity contribution is 7.19. The molecule has 1 fully saturated rings. The maximum Gasteiger partial charge on any atom is 0.234 e. The van der Waals surface area contributed by atoms with Crippen LogP contribution in [-0.4, -0.2) is 19.8 Å². The zero-order valence-electron chi connectivity index (χ0n) is 10.1. The molecule has 6 heteroatoms. The van der Waals surface area contributed by atoms with Crippen molar-refractivity contribution in [2.75, 3.05) is 0 Å². The van der Waals surface area contributed by atoms with Crippen molar-refractivity contribution < 1.29 is 0 Å². The van der Waals surface area contributed by atoms with E-state index in [9.17, 15) is 0 Å². The Balaban J connectivity index is 1.77. The van der Waals surface area contributed by atoms with Crippen LogP contribution in [0.25, 0.3) is 15.5 Å². The van der Waals surface area contributed by atoms with E-state index in [1.807, 2.05) is 16.6 Å². The molecule has 0 atom stereocenters. The van der Waals surface area contributed by atoms with E-state index in [-0.39, 0.29) is 0 Å². The van der Waals surface area contributed by atoms with E-state index < -0.39 is 0 Å². The standard InChI is InChI=1S/C13H11ClN4S/c14-7-8-1-3-10(4-2-8)12-17-18-11(9-5-6-9)15-16-13(18)19-12/h1-4,9H,5-7H2. The Morgan fingerprint density at radius 1 is 1.21 bits per heavy atom. The fourth-order valence-electron chi connectivity index (χ4n) is 2.08. The van der Waals surface area contributed by atoms with Gasteiger partial charge in [-0.15, -0.1) is 21.8 Å². The second-order valence-corrected chi connectivity index (χ2v) is 5.99. The molecule has 19 heavy (non-hydrogen) atoms. The molecule has 4 rings (SSSR count). The first-order valence-corrected chi connectivity index (χ1v) is 7.57. The number of nitrogens with zero attached hydrogens (tertiary/aromatic N) is 4. The van der Waals surface area contributed by atoms with E-state index in [4.69, 9.17) is 11.6 Å². The molecule has 0 radical (unpaired) electrons. The average Bonchev–Trinajstić information content (AvgIpc) is 3.08. The van der Waals surface area contributed by atoms with Crippen LogP contribution >= 0.6 is 22.9 Å². The van der Waals surface area contributed by atoms with Gasteiger partial charge in [0.05, 0.1) is 0 Å². The third kappa shape index (κ3) is 1.93. The van der Waals surface area contributed by atoms with Crippen LogP contribution in [0.5, 0.6) is 0 Å². The summed E-state index contributed by atoms with van der Waals surface area (Å²) < 4.78 is 1.90. The zero-order valence-corrected chi connectivity index (χ0v) is 11.7. The summed E-state index contributed by atoms with van der Waals surface area (Å²) in [5.41, 5.74) is 2.22. The zero-order chi connectivity index (χ0) is 12.8. The molecular weight excluding hydrogens is 280 g/mol. The molecule has 3 aromatic rings. The van der Waals surface area contributed by atoms with Gasteiger partial charge < -0.3 is 0 Å². The minimum Gasteiger partial charge on any atom is -0.187 e. The van der Waals surface area contributed by atoms with Gasteiger partial charge in [0.1, 0.15) is 5.01 Å². The maximum atomic E-state index is 5.80. The number of aromatic nitrogens is 4. The number of hydrogen-bond donors (Lipinski definition) is 0. The Kier molecular flexibility index (Phi) is 2.56. The molecule has 0 unspecified atom stereocenters. The summed E-state index contributed by atoms with van der Waals surface area (Å²) in [6, 6.07) is 8.18. The first kappa shape index (κ1) is 11.4. The van der Waals surface area contributed by atoms with Gasteiger partial charge >= 0.3 is 0 Å². The highest BCUT2D eigenvalue weighted by atomic mass is 35.5. The minimum absolute atomic E-state index is 0.539. The van der Waals surface area contributed by atoms with Crippen LogP contribution in [0.3, 0.4) is 0 Å². The Hall–Kier alpha value is -1.46. The van der Waals surface area contributed by atoms with Crippen LogP contribution in [-0.2, 0) is 5.88 Å². The molecule has 2 heterocycles. The predicted octanol–water partition coefficient (Wildman–Crippen LogP) is 3.47. The van der Waals surface area contributed by atoms with Crippen molar-refractivity contribution in [3.63, 3.8) is 0 Å². The summed E-state index contributed by atoms with van der Waals surface area (Å²) in [6.07, 6.45) is 2.41. The molecule has 0 spiro atoms. The lowest BCUT2D eigenvalue weighted by molar-refractivity contribution is 0.828. The number of benzene rings is 1. The monoisotopic (exact) mass is 290 g/mol. The molecule has 0 amide bonds. The van der Waals surface area contributed by atoms with Gasteiger partial charge in [-0.3, -0.25) is 0 Å². The molecule has 1 saturated carbocycles. The van der Waals surface area contributed by atoms with Gasteiger partial charge in [-0.2, -0.15) is 9.61 Å². The maximum absolute atomic E-state index is 5.80. The molecule has 0 bridgehead atoms. The minimum atomic E-state index is 0.539. The summed E-state index contributed by atoms with van der Waals surface area (Å²) in [4.78, 5) is 0.873.